The van der Waals surface area contributed by atoms with Crippen LogP contribution in [0.2, 0.25) is 0 Å². The van der Waals surface area contributed by atoms with E-state index in [2.05, 4.69) is 25.4 Å². The Morgan fingerprint density at radius 2 is 2.09 bits per heavy atom. The first-order chi connectivity index (χ1) is 17.0. The monoisotopic (exact) mass is 481 g/mol. The fraction of sp³-hybridized carbons (Fsp3) is 0.304. The minimum absolute atomic E-state index is 0.110. The number of anilines is 2. The van der Waals surface area contributed by atoms with Crippen molar-refractivity contribution in [2.75, 3.05) is 23.4 Å². The van der Waals surface area contributed by atoms with E-state index in [4.69, 9.17) is 4.74 Å². The van der Waals surface area contributed by atoms with E-state index in [0.29, 0.717) is 23.5 Å². The van der Waals surface area contributed by atoms with Crippen molar-refractivity contribution in [1.82, 2.24) is 24.4 Å². The van der Waals surface area contributed by atoms with Gasteiger partial charge in [0, 0.05) is 12.7 Å². The van der Waals surface area contributed by atoms with Gasteiger partial charge < -0.3 is 20.1 Å². The zero-order chi connectivity index (χ0) is 24.1. The molecule has 35 heavy (non-hydrogen) atoms. The molecule has 2 aliphatic heterocycles. The first-order valence-corrected chi connectivity index (χ1v) is 11.1. The van der Waals surface area contributed by atoms with E-state index in [1.807, 2.05) is 6.07 Å². The van der Waals surface area contributed by atoms with E-state index in [0.717, 1.165) is 18.8 Å². The summed E-state index contributed by atoms with van der Waals surface area (Å²) >= 11 is 0. The standard InChI is InChI=1S/C23H21F2N7O3/c24-21(25)20-18(10-32(29-20)14-3-1-13(11-33)2-4-14)27-23(34)17-8-26-31-6-5-19(28-22(17)31)30-9-16-7-15(30)12-35-16/h1-6,8,10,15-16,21,33H,7,9,11-12H2,(H,27,34)/t15?,16-/m1/s1. The molecule has 10 nitrogen and oxygen atoms in total. The smallest absolute Gasteiger partial charge is 0.284 e. The van der Waals surface area contributed by atoms with Gasteiger partial charge in [-0.25, -0.2) is 23.0 Å². The van der Waals surface area contributed by atoms with Crippen LogP contribution in [0.5, 0.6) is 0 Å². The molecular weight excluding hydrogens is 460 g/mol. The number of amides is 1. The largest absolute Gasteiger partial charge is 0.392 e. The lowest BCUT2D eigenvalue weighted by molar-refractivity contribution is 0.0988. The number of carbonyl (C=O) groups excluding carboxylic acids is 1. The third kappa shape index (κ3) is 3.80. The number of benzene rings is 1. The Morgan fingerprint density at radius 1 is 1.26 bits per heavy atom. The number of aliphatic hydroxyl groups is 1. The predicted octanol–water partition coefficient (Wildman–Crippen LogP) is 2.57. The first-order valence-electron chi connectivity index (χ1n) is 11.1. The summed E-state index contributed by atoms with van der Waals surface area (Å²) in [4.78, 5) is 19.9. The summed E-state index contributed by atoms with van der Waals surface area (Å²) in [5.41, 5.74) is 1.01. The van der Waals surface area contributed by atoms with Crippen LogP contribution in [-0.4, -0.2) is 60.7 Å². The lowest BCUT2D eigenvalue weighted by atomic mass is 10.2. The number of hydrogen-bond donors (Lipinski definition) is 2. The van der Waals surface area contributed by atoms with E-state index in [1.165, 1.54) is 21.6 Å². The molecule has 6 rings (SSSR count). The number of carbonyl (C=O) groups is 1. The van der Waals surface area contributed by atoms with Gasteiger partial charge in [-0.2, -0.15) is 10.2 Å². The number of fused-ring (bicyclic) bond motifs is 3. The number of hydrogen-bond acceptors (Lipinski definition) is 7. The fourth-order valence-electron chi connectivity index (χ4n) is 4.58. The SMILES string of the molecule is O=C(Nc1cn(-c2ccc(CO)cc2)nc1C(F)F)c1cnn2ccc(N3C[C@H]4CC3CO4)nc12. The Balaban J connectivity index is 1.29. The minimum atomic E-state index is -2.90. The molecule has 2 saturated heterocycles. The van der Waals surface area contributed by atoms with Gasteiger partial charge in [0.2, 0.25) is 0 Å². The molecule has 0 aliphatic carbocycles. The van der Waals surface area contributed by atoms with Gasteiger partial charge in [0.15, 0.2) is 11.3 Å². The second kappa shape index (κ2) is 8.40. The third-order valence-corrected chi connectivity index (χ3v) is 6.37. The molecule has 180 valence electrons. The van der Waals surface area contributed by atoms with Gasteiger partial charge in [-0.1, -0.05) is 12.1 Å². The molecule has 2 fully saturated rings. The molecule has 1 aromatic carbocycles. The second-order valence-electron chi connectivity index (χ2n) is 8.56. The number of ether oxygens (including phenoxy) is 1. The van der Waals surface area contributed by atoms with Gasteiger partial charge in [0.1, 0.15) is 11.4 Å². The number of alkyl halides is 2. The molecule has 3 aromatic heterocycles. The highest BCUT2D eigenvalue weighted by Gasteiger charge is 2.39. The molecule has 2 aliphatic rings. The number of nitrogens with one attached hydrogen (secondary N) is 1. The first kappa shape index (κ1) is 21.6. The van der Waals surface area contributed by atoms with Gasteiger partial charge in [0.25, 0.3) is 12.3 Å². The van der Waals surface area contributed by atoms with Gasteiger partial charge in [-0.05, 0) is 30.2 Å². The Hall–Kier alpha value is -3.90. The zero-order valence-corrected chi connectivity index (χ0v) is 18.4. The maximum Gasteiger partial charge on any atom is 0.284 e. The van der Waals surface area contributed by atoms with Crippen LogP contribution in [-0.2, 0) is 11.3 Å². The molecule has 12 heteroatoms. The highest BCUT2D eigenvalue weighted by Crippen LogP contribution is 2.32. The fourth-order valence-corrected chi connectivity index (χ4v) is 4.58. The second-order valence-corrected chi connectivity index (χ2v) is 8.56. The van der Waals surface area contributed by atoms with E-state index in [9.17, 15) is 18.7 Å². The van der Waals surface area contributed by atoms with Gasteiger partial charge >= 0.3 is 0 Å². The lowest BCUT2D eigenvalue weighted by Gasteiger charge is -2.27. The minimum Gasteiger partial charge on any atom is -0.392 e. The van der Waals surface area contributed by atoms with Gasteiger partial charge in [-0.3, -0.25) is 4.79 Å². The quantitative estimate of drug-likeness (QED) is 0.436. The van der Waals surface area contributed by atoms with Crippen LogP contribution < -0.4 is 10.2 Å². The summed E-state index contributed by atoms with van der Waals surface area (Å²) in [5.74, 6) is 0.100. The Bertz CT molecular complexity index is 1400. The van der Waals surface area contributed by atoms with Crippen molar-refractivity contribution in [3.63, 3.8) is 0 Å². The van der Waals surface area contributed by atoms with E-state index >= 15 is 0 Å². The van der Waals surface area contributed by atoms with Crippen molar-refractivity contribution < 1.29 is 23.4 Å². The molecule has 2 atom stereocenters. The molecule has 1 amide bonds. The summed E-state index contributed by atoms with van der Waals surface area (Å²) in [5, 5.41) is 19.9. The number of halogens is 2. The summed E-state index contributed by atoms with van der Waals surface area (Å²) in [7, 11) is 0. The highest BCUT2D eigenvalue weighted by molar-refractivity contribution is 6.08. The summed E-state index contributed by atoms with van der Waals surface area (Å²) in [6.07, 6.45) is 2.65. The molecule has 0 radical (unpaired) electrons. The highest BCUT2D eigenvalue weighted by atomic mass is 19.3. The molecule has 0 spiro atoms. The number of aromatic nitrogens is 5. The molecule has 0 saturated carbocycles. The maximum atomic E-state index is 13.7. The average Bonchev–Trinajstić information content (AvgIpc) is 3.66. The Labute approximate surface area is 197 Å². The third-order valence-electron chi connectivity index (χ3n) is 6.37. The number of aliphatic hydroxyl groups excluding tert-OH is 1. The van der Waals surface area contributed by atoms with Crippen molar-refractivity contribution in [1.29, 1.82) is 0 Å². The number of nitrogens with zero attached hydrogens (tertiary/aromatic N) is 6. The van der Waals surface area contributed by atoms with Crippen LogP contribution in [0.1, 0.15) is 34.5 Å². The van der Waals surface area contributed by atoms with E-state index < -0.39 is 18.0 Å². The van der Waals surface area contributed by atoms with Crippen LogP contribution in [0.3, 0.4) is 0 Å². The normalized spacial score (nSPS) is 19.3. The predicted molar refractivity (Wildman–Crippen MR) is 121 cm³/mol. The Morgan fingerprint density at radius 3 is 2.77 bits per heavy atom. The van der Waals surface area contributed by atoms with Crippen LogP contribution in [0.25, 0.3) is 11.3 Å². The molecule has 4 aromatic rings. The van der Waals surface area contributed by atoms with Crippen LogP contribution in [0.4, 0.5) is 20.3 Å². The van der Waals surface area contributed by atoms with Crippen molar-refractivity contribution in [2.45, 2.75) is 31.6 Å². The summed E-state index contributed by atoms with van der Waals surface area (Å²) in [6, 6.07) is 8.71. The van der Waals surface area contributed by atoms with Crippen molar-refractivity contribution >= 4 is 23.1 Å². The molecule has 5 heterocycles. The summed E-state index contributed by atoms with van der Waals surface area (Å²) in [6.45, 7) is 1.25. The van der Waals surface area contributed by atoms with Crippen molar-refractivity contribution in [3.05, 3.63) is 65.7 Å². The van der Waals surface area contributed by atoms with Crippen molar-refractivity contribution in [2.24, 2.45) is 0 Å². The van der Waals surface area contributed by atoms with Gasteiger partial charge in [-0.15, -0.1) is 0 Å². The van der Waals surface area contributed by atoms with E-state index in [-0.39, 0.29) is 30.0 Å². The number of rotatable bonds is 6. The maximum absolute atomic E-state index is 13.7. The Kier molecular flexibility index (Phi) is 5.19. The topological polar surface area (TPSA) is 110 Å². The molecule has 1 unspecified atom stereocenters. The van der Waals surface area contributed by atoms with Crippen LogP contribution in [0, 0.1) is 0 Å². The van der Waals surface area contributed by atoms with E-state index in [1.54, 1.807) is 30.5 Å². The van der Waals surface area contributed by atoms with Crippen LogP contribution in [0.15, 0.2) is 48.9 Å². The number of morpholine rings is 1. The average molecular weight is 481 g/mol. The zero-order valence-electron chi connectivity index (χ0n) is 18.4. The summed E-state index contributed by atoms with van der Waals surface area (Å²) < 4.78 is 35.8. The van der Waals surface area contributed by atoms with Gasteiger partial charge in [0.05, 0.1) is 49.1 Å². The molecule has 2 N–H and O–H groups in total. The molecular formula is C23H21F2N7O3. The molecule has 2 bridgehead atoms. The van der Waals surface area contributed by atoms with Crippen LogP contribution >= 0.6 is 0 Å². The lowest BCUT2D eigenvalue weighted by Crippen LogP contribution is -2.37. The van der Waals surface area contributed by atoms with Crippen molar-refractivity contribution in [3.8, 4) is 5.69 Å².